The van der Waals surface area contributed by atoms with E-state index < -0.39 is 0 Å². The molecule has 0 spiro atoms. The number of aromatic hydroxyl groups is 2. The number of aliphatic hydroxyl groups is 1. The van der Waals surface area contributed by atoms with Gasteiger partial charge in [-0.15, -0.1) is 0 Å². The van der Waals surface area contributed by atoms with Crippen molar-refractivity contribution in [1.82, 2.24) is 0 Å². The van der Waals surface area contributed by atoms with Crippen molar-refractivity contribution in [2.24, 2.45) is 5.92 Å². The molecule has 0 saturated heterocycles. The highest BCUT2D eigenvalue weighted by atomic mass is 16.3. The van der Waals surface area contributed by atoms with Crippen LogP contribution in [0.25, 0.3) is 0 Å². The van der Waals surface area contributed by atoms with Gasteiger partial charge in [-0.3, -0.25) is 4.79 Å². The molecule has 0 radical (unpaired) electrons. The van der Waals surface area contributed by atoms with E-state index in [1.54, 1.807) is 17.0 Å². The molecular weight excluding hydrogens is 414 g/mol. The Morgan fingerprint density at radius 1 is 1.12 bits per heavy atom. The van der Waals surface area contributed by atoms with Gasteiger partial charge in [-0.05, 0) is 63.5 Å². The molecule has 4 rings (SSSR count). The van der Waals surface area contributed by atoms with Crippen LogP contribution in [-0.4, -0.2) is 34.4 Å². The second-order valence-corrected chi connectivity index (χ2v) is 9.44. The summed E-state index contributed by atoms with van der Waals surface area (Å²) in [5.41, 5.74) is 4.74. The highest BCUT2D eigenvalue weighted by Crippen LogP contribution is 2.54. The number of hydrogen-bond acceptors (Lipinski definition) is 4. The first-order valence-corrected chi connectivity index (χ1v) is 11.7. The summed E-state index contributed by atoms with van der Waals surface area (Å²) in [5, 5.41) is 31.8. The summed E-state index contributed by atoms with van der Waals surface area (Å²) >= 11 is 0. The van der Waals surface area contributed by atoms with Crippen molar-refractivity contribution in [3.63, 3.8) is 0 Å². The monoisotopic (exact) mass is 447 g/mol. The SMILES string of the molecule is C=C(C)[C@@H]1CCC(C)=C[C@H]1c1c(O)cc(O)c2c1N(C(=O)c1ccccc1)CC[C@H]2CCO. The number of anilines is 1. The minimum Gasteiger partial charge on any atom is -0.507 e. The number of phenols is 2. The molecule has 1 heterocycles. The summed E-state index contributed by atoms with van der Waals surface area (Å²) in [6.07, 6.45) is 5.18. The van der Waals surface area contributed by atoms with E-state index in [2.05, 4.69) is 19.6 Å². The molecule has 5 heteroatoms. The van der Waals surface area contributed by atoms with Crippen LogP contribution < -0.4 is 4.90 Å². The lowest BCUT2D eigenvalue weighted by atomic mass is 9.71. The number of amides is 1. The van der Waals surface area contributed by atoms with E-state index in [1.807, 2.05) is 25.1 Å². The molecule has 2 aromatic rings. The van der Waals surface area contributed by atoms with Crippen molar-refractivity contribution in [3.05, 3.63) is 76.9 Å². The fourth-order valence-corrected chi connectivity index (χ4v) is 5.53. The van der Waals surface area contributed by atoms with Crippen molar-refractivity contribution in [2.75, 3.05) is 18.1 Å². The molecular formula is C28H33NO4. The zero-order chi connectivity index (χ0) is 23.7. The van der Waals surface area contributed by atoms with Crippen LogP contribution in [-0.2, 0) is 0 Å². The number of aliphatic hydroxyl groups excluding tert-OH is 1. The Morgan fingerprint density at radius 2 is 1.82 bits per heavy atom. The molecule has 2 aromatic carbocycles. The predicted molar refractivity (Wildman–Crippen MR) is 131 cm³/mol. The Morgan fingerprint density at radius 3 is 2.48 bits per heavy atom. The minimum absolute atomic E-state index is 0.0102. The van der Waals surface area contributed by atoms with Crippen LogP contribution in [0.5, 0.6) is 11.5 Å². The molecule has 0 saturated carbocycles. The third kappa shape index (κ3) is 4.30. The lowest BCUT2D eigenvalue weighted by Crippen LogP contribution is -2.38. The fraction of sp³-hybridized carbons (Fsp3) is 0.393. The van der Waals surface area contributed by atoms with Crippen LogP contribution in [0.2, 0.25) is 0 Å². The third-order valence-corrected chi connectivity index (χ3v) is 7.17. The molecule has 1 amide bonds. The maximum absolute atomic E-state index is 13.6. The van der Waals surface area contributed by atoms with Crippen LogP contribution in [0.1, 0.15) is 72.9 Å². The standard InChI is InChI=1S/C28H33NO4/c1-17(2)21-10-9-18(3)15-22(21)26-24(32)16-23(31)25-19(12-14-30)11-13-29(27(25)26)28(33)20-7-5-4-6-8-20/h4-8,15-16,19,21-22,30-32H,1,9-14H2,2-3H3/t19-,21-,22+/m0/s1. The number of phenolic OH excluding ortho intramolecular Hbond substituents is 2. The van der Waals surface area contributed by atoms with Crippen molar-refractivity contribution >= 4 is 11.6 Å². The predicted octanol–water partition coefficient (Wildman–Crippen LogP) is 5.63. The normalized spacial score (nSPS) is 22.5. The summed E-state index contributed by atoms with van der Waals surface area (Å²) in [6.45, 7) is 8.75. The maximum Gasteiger partial charge on any atom is 0.258 e. The molecule has 33 heavy (non-hydrogen) atoms. The summed E-state index contributed by atoms with van der Waals surface area (Å²) in [7, 11) is 0. The van der Waals surface area contributed by atoms with E-state index in [1.165, 1.54) is 11.6 Å². The molecule has 5 nitrogen and oxygen atoms in total. The smallest absolute Gasteiger partial charge is 0.258 e. The van der Waals surface area contributed by atoms with E-state index in [4.69, 9.17) is 0 Å². The maximum atomic E-state index is 13.6. The van der Waals surface area contributed by atoms with Crippen molar-refractivity contribution in [3.8, 4) is 11.5 Å². The van der Waals surface area contributed by atoms with E-state index in [9.17, 15) is 20.1 Å². The molecule has 0 fully saturated rings. The second kappa shape index (κ2) is 9.44. The van der Waals surface area contributed by atoms with E-state index >= 15 is 0 Å². The Bertz CT molecular complexity index is 1090. The van der Waals surface area contributed by atoms with E-state index in [0.29, 0.717) is 41.8 Å². The van der Waals surface area contributed by atoms with Gasteiger partial charge in [-0.2, -0.15) is 0 Å². The van der Waals surface area contributed by atoms with E-state index in [0.717, 1.165) is 18.4 Å². The van der Waals surface area contributed by atoms with Gasteiger partial charge in [0.15, 0.2) is 0 Å². The lowest BCUT2D eigenvalue weighted by Gasteiger charge is -2.40. The van der Waals surface area contributed by atoms with E-state index in [-0.39, 0.29) is 41.8 Å². The highest BCUT2D eigenvalue weighted by Gasteiger charge is 2.39. The Kier molecular flexibility index (Phi) is 6.61. The molecule has 0 unspecified atom stereocenters. The molecule has 1 aliphatic carbocycles. The number of nitrogens with zero attached hydrogens (tertiary/aromatic N) is 1. The number of carbonyl (C=O) groups excluding carboxylic acids is 1. The Balaban J connectivity index is 1.97. The molecule has 1 aliphatic heterocycles. The van der Waals surface area contributed by atoms with Gasteiger partial charge >= 0.3 is 0 Å². The number of benzene rings is 2. The van der Waals surface area contributed by atoms with Crippen LogP contribution in [0.15, 0.2) is 60.2 Å². The van der Waals surface area contributed by atoms with Crippen molar-refractivity contribution in [1.29, 1.82) is 0 Å². The molecule has 3 atom stereocenters. The van der Waals surface area contributed by atoms with Crippen LogP contribution in [0.3, 0.4) is 0 Å². The number of allylic oxidation sites excluding steroid dienone is 3. The average Bonchev–Trinajstić information content (AvgIpc) is 2.79. The average molecular weight is 448 g/mol. The largest absolute Gasteiger partial charge is 0.507 e. The van der Waals surface area contributed by atoms with Gasteiger partial charge in [0.25, 0.3) is 5.91 Å². The number of rotatable bonds is 5. The summed E-state index contributed by atoms with van der Waals surface area (Å²) < 4.78 is 0. The number of carbonyl (C=O) groups is 1. The van der Waals surface area contributed by atoms with Gasteiger partial charge in [0, 0.05) is 41.8 Å². The fourth-order valence-electron chi connectivity index (χ4n) is 5.53. The third-order valence-electron chi connectivity index (χ3n) is 7.17. The van der Waals surface area contributed by atoms with Gasteiger partial charge in [0.2, 0.25) is 0 Å². The summed E-state index contributed by atoms with van der Waals surface area (Å²) in [6, 6.07) is 10.5. The molecule has 0 aromatic heterocycles. The quantitative estimate of drug-likeness (QED) is 0.519. The lowest BCUT2D eigenvalue weighted by molar-refractivity contribution is 0.0983. The zero-order valence-corrected chi connectivity index (χ0v) is 19.4. The second-order valence-electron chi connectivity index (χ2n) is 9.44. The first kappa shape index (κ1) is 23.1. The first-order chi connectivity index (χ1) is 15.8. The van der Waals surface area contributed by atoms with Gasteiger partial charge < -0.3 is 20.2 Å². The number of hydrogen-bond donors (Lipinski definition) is 3. The van der Waals surface area contributed by atoms with Crippen molar-refractivity contribution < 1.29 is 20.1 Å². The van der Waals surface area contributed by atoms with Gasteiger partial charge in [0.1, 0.15) is 11.5 Å². The molecule has 2 aliphatic rings. The van der Waals surface area contributed by atoms with Gasteiger partial charge in [-0.1, -0.05) is 42.0 Å². The minimum atomic E-state index is -0.158. The van der Waals surface area contributed by atoms with Gasteiger partial charge in [0.05, 0.1) is 5.69 Å². The highest BCUT2D eigenvalue weighted by molar-refractivity contribution is 6.08. The van der Waals surface area contributed by atoms with Crippen LogP contribution in [0.4, 0.5) is 5.69 Å². The summed E-state index contributed by atoms with van der Waals surface area (Å²) in [4.78, 5) is 15.4. The van der Waals surface area contributed by atoms with Crippen LogP contribution >= 0.6 is 0 Å². The Labute approximate surface area is 195 Å². The molecule has 0 bridgehead atoms. The summed E-state index contributed by atoms with van der Waals surface area (Å²) in [5.74, 6) is -0.317. The van der Waals surface area contributed by atoms with Gasteiger partial charge in [-0.25, -0.2) is 0 Å². The zero-order valence-electron chi connectivity index (χ0n) is 19.4. The molecule has 3 N–H and O–H groups in total. The molecule has 174 valence electrons. The first-order valence-electron chi connectivity index (χ1n) is 11.7. The number of fused-ring (bicyclic) bond motifs is 1. The van der Waals surface area contributed by atoms with Crippen LogP contribution in [0, 0.1) is 5.92 Å². The topological polar surface area (TPSA) is 81.0 Å². The Hall–Kier alpha value is -3.05. The van der Waals surface area contributed by atoms with Crippen molar-refractivity contribution in [2.45, 2.75) is 51.4 Å².